The Bertz CT molecular complexity index is 489. The topological polar surface area (TPSA) is 73.1 Å². The molecule has 104 valence electrons. The molecule has 5 nitrogen and oxygen atoms in total. The van der Waals surface area contributed by atoms with Gasteiger partial charge in [-0.3, -0.25) is 0 Å². The Balaban J connectivity index is 1.97. The molecule has 0 radical (unpaired) electrons. The van der Waals surface area contributed by atoms with E-state index in [9.17, 15) is 0 Å². The first-order valence-corrected chi connectivity index (χ1v) is 7.10. The predicted molar refractivity (Wildman–Crippen MR) is 73.9 cm³/mol. The molecule has 3 heterocycles. The molecule has 1 aromatic heterocycles. The fraction of sp³-hybridized carbons (Fsp3) is 0.714. The number of aromatic nitrogens is 2. The first-order valence-electron chi connectivity index (χ1n) is 7.10. The average molecular weight is 262 g/mol. The average Bonchev–Trinajstić information content (AvgIpc) is 2.99. The molecule has 2 bridgehead atoms. The second-order valence-electron chi connectivity index (χ2n) is 5.94. The predicted octanol–water partition coefficient (Wildman–Crippen LogP) is 2.23. The Kier molecular flexibility index (Phi) is 3.19. The summed E-state index contributed by atoms with van der Waals surface area (Å²) in [6.45, 7) is 6.30. The number of hydrazine groups is 1. The van der Waals surface area contributed by atoms with Crippen molar-refractivity contribution < 1.29 is 4.74 Å². The van der Waals surface area contributed by atoms with Gasteiger partial charge in [0.2, 0.25) is 0 Å². The standard InChI is InChI=1S/C14H22N4O/c1-7(2)12-8(3)16-13(17-14(12)18-15)10-6-9-4-5-11(10)19-9/h7,9-11H,4-6,15H2,1-3H3,(H,16,17,18). The van der Waals surface area contributed by atoms with Crippen molar-refractivity contribution in [2.45, 2.75) is 64.1 Å². The Morgan fingerprint density at radius 1 is 1.32 bits per heavy atom. The van der Waals surface area contributed by atoms with Gasteiger partial charge in [-0.2, -0.15) is 0 Å². The van der Waals surface area contributed by atoms with Gasteiger partial charge in [-0.05, 0) is 32.1 Å². The number of nitrogens with two attached hydrogens (primary N) is 1. The van der Waals surface area contributed by atoms with Crippen LogP contribution >= 0.6 is 0 Å². The molecule has 0 saturated carbocycles. The zero-order chi connectivity index (χ0) is 13.6. The van der Waals surface area contributed by atoms with Crippen LogP contribution in [0.5, 0.6) is 0 Å². The van der Waals surface area contributed by atoms with Crippen LogP contribution in [0.15, 0.2) is 0 Å². The third kappa shape index (κ3) is 2.11. The number of anilines is 1. The van der Waals surface area contributed by atoms with E-state index in [1.165, 1.54) is 6.42 Å². The molecule has 0 amide bonds. The SMILES string of the molecule is Cc1nc(C2CC3CCC2O3)nc(NN)c1C(C)C. The molecule has 0 spiro atoms. The fourth-order valence-corrected chi connectivity index (χ4v) is 3.48. The second kappa shape index (κ2) is 4.72. The normalized spacial score (nSPS) is 29.2. The Labute approximate surface area is 113 Å². The van der Waals surface area contributed by atoms with E-state index in [1.54, 1.807) is 0 Å². The highest BCUT2D eigenvalue weighted by Gasteiger charge is 2.43. The minimum atomic E-state index is 0.305. The number of nitrogens with one attached hydrogen (secondary N) is 1. The van der Waals surface area contributed by atoms with Crippen molar-refractivity contribution in [2.75, 3.05) is 5.43 Å². The van der Waals surface area contributed by atoms with E-state index in [0.717, 1.165) is 35.7 Å². The number of fused-ring (bicyclic) bond motifs is 2. The lowest BCUT2D eigenvalue weighted by atomic mass is 9.88. The summed E-state index contributed by atoms with van der Waals surface area (Å²) in [4.78, 5) is 9.36. The van der Waals surface area contributed by atoms with Crippen LogP contribution in [0.25, 0.3) is 0 Å². The summed E-state index contributed by atoms with van der Waals surface area (Å²) in [5, 5.41) is 0. The largest absolute Gasteiger partial charge is 0.374 e. The molecule has 2 fully saturated rings. The molecular weight excluding hydrogens is 240 g/mol. The maximum atomic E-state index is 5.90. The third-order valence-corrected chi connectivity index (χ3v) is 4.31. The molecule has 1 aromatic rings. The first-order chi connectivity index (χ1) is 9.10. The monoisotopic (exact) mass is 262 g/mol. The van der Waals surface area contributed by atoms with Crippen LogP contribution in [-0.2, 0) is 4.74 Å². The second-order valence-corrected chi connectivity index (χ2v) is 5.94. The molecule has 3 rings (SSSR count). The lowest BCUT2D eigenvalue weighted by molar-refractivity contribution is 0.0998. The number of nitrogens with zero attached hydrogens (tertiary/aromatic N) is 2. The van der Waals surface area contributed by atoms with E-state index in [-0.39, 0.29) is 0 Å². The molecule has 3 atom stereocenters. The number of aryl methyl sites for hydroxylation is 1. The van der Waals surface area contributed by atoms with Crippen LogP contribution in [0.4, 0.5) is 5.82 Å². The van der Waals surface area contributed by atoms with Crippen LogP contribution in [0.3, 0.4) is 0 Å². The number of hydrogen-bond donors (Lipinski definition) is 2. The van der Waals surface area contributed by atoms with E-state index in [2.05, 4.69) is 24.3 Å². The van der Waals surface area contributed by atoms with E-state index in [0.29, 0.717) is 24.0 Å². The van der Waals surface area contributed by atoms with Gasteiger partial charge in [-0.1, -0.05) is 13.8 Å². The molecule has 2 aliphatic heterocycles. The Morgan fingerprint density at radius 3 is 2.63 bits per heavy atom. The molecule has 2 aliphatic rings. The lowest BCUT2D eigenvalue weighted by Gasteiger charge is -2.21. The summed E-state index contributed by atoms with van der Waals surface area (Å²) < 4.78 is 5.90. The molecule has 2 saturated heterocycles. The van der Waals surface area contributed by atoms with Gasteiger partial charge >= 0.3 is 0 Å². The smallest absolute Gasteiger partial charge is 0.147 e. The summed E-state index contributed by atoms with van der Waals surface area (Å²) in [6.07, 6.45) is 4.09. The van der Waals surface area contributed by atoms with Crippen molar-refractivity contribution in [1.82, 2.24) is 9.97 Å². The Morgan fingerprint density at radius 2 is 2.11 bits per heavy atom. The highest BCUT2D eigenvalue weighted by molar-refractivity contribution is 5.47. The molecule has 3 N–H and O–H groups in total. The summed E-state index contributed by atoms with van der Waals surface area (Å²) in [6, 6.07) is 0. The number of hydrogen-bond acceptors (Lipinski definition) is 5. The molecule has 3 unspecified atom stereocenters. The van der Waals surface area contributed by atoms with E-state index in [4.69, 9.17) is 15.6 Å². The van der Waals surface area contributed by atoms with Crippen LogP contribution in [-0.4, -0.2) is 22.2 Å². The number of nitrogen functional groups attached to an aromatic ring is 1. The highest BCUT2D eigenvalue weighted by Crippen LogP contribution is 2.44. The van der Waals surface area contributed by atoms with Gasteiger partial charge in [-0.15, -0.1) is 0 Å². The molecule has 0 aliphatic carbocycles. The van der Waals surface area contributed by atoms with E-state index >= 15 is 0 Å². The molecule has 5 heteroatoms. The van der Waals surface area contributed by atoms with Crippen LogP contribution in [0.1, 0.15) is 62.0 Å². The van der Waals surface area contributed by atoms with Crippen molar-refractivity contribution in [3.8, 4) is 0 Å². The van der Waals surface area contributed by atoms with Crippen LogP contribution in [0.2, 0.25) is 0 Å². The maximum absolute atomic E-state index is 5.90. The van der Waals surface area contributed by atoms with Gasteiger partial charge in [0.1, 0.15) is 11.6 Å². The molecule has 0 aromatic carbocycles. The van der Waals surface area contributed by atoms with Crippen LogP contribution < -0.4 is 11.3 Å². The van der Waals surface area contributed by atoms with Crippen molar-refractivity contribution >= 4 is 5.82 Å². The molecule has 19 heavy (non-hydrogen) atoms. The zero-order valence-corrected chi connectivity index (χ0v) is 11.8. The van der Waals surface area contributed by atoms with E-state index < -0.39 is 0 Å². The van der Waals surface area contributed by atoms with Gasteiger partial charge in [0.25, 0.3) is 0 Å². The van der Waals surface area contributed by atoms with Crippen molar-refractivity contribution in [3.05, 3.63) is 17.1 Å². The minimum Gasteiger partial charge on any atom is -0.374 e. The summed E-state index contributed by atoms with van der Waals surface area (Å²) in [7, 11) is 0. The first kappa shape index (κ1) is 12.8. The Hall–Kier alpha value is -1.20. The summed E-state index contributed by atoms with van der Waals surface area (Å²) in [5.41, 5.74) is 4.86. The third-order valence-electron chi connectivity index (χ3n) is 4.31. The fourth-order valence-electron chi connectivity index (χ4n) is 3.48. The van der Waals surface area contributed by atoms with Crippen molar-refractivity contribution in [3.63, 3.8) is 0 Å². The van der Waals surface area contributed by atoms with Gasteiger partial charge < -0.3 is 10.2 Å². The maximum Gasteiger partial charge on any atom is 0.147 e. The quantitative estimate of drug-likeness (QED) is 0.645. The number of ether oxygens (including phenoxy) is 1. The highest BCUT2D eigenvalue weighted by atomic mass is 16.5. The molecular formula is C14H22N4O. The van der Waals surface area contributed by atoms with Gasteiger partial charge in [0, 0.05) is 17.2 Å². The zero-order valence-electron chi connectivity index (χ0n) is 11.8. The van der Waals surface area contributed by atoms with Gasteiger partial charge in [-0.25, -0.2) is 15.8 Å². The minimum absolute atomic E-state index is 0.305. The lowest BCUT2D eigenvalue weighted by Crippen LogP contribution is -2.21. The summed E-state index contributed by atoms with van der Waals surface area (Å²) in [5.74, 6) is 7.98. The van der Waals surface area contributed by atoms with Gasteiger partial charge in [0.15, 0.2) is 0 Å². The number of rotatable bonds is 3. The van der Waals surface area contributed by atoms with Gasteiger partial charge in [0.05, 0.1) is 12.2 Å². The van der Waals surface area contributed by atoms with Crippen molar-refractivity contribution in [1.29, 1.82) is 0 Å². The van der Waals surface area contributed by atoms with E-state index in [1.807, 2.05) is 6.92 Å². The summed E-state index contributed by atoms with van der Waals surface area (Å²) >= 11 is 0. The van der Waals surface area contributed by atoms with Crippen molar-refractivity contribution in [2.24, 2.45) is 5.84 Å². The van der Waals surface area contributed by atoms with Crippen LogP contribution in [0, 0.1) is 6.92 Å².